The van der Waals surface area contributed by atoms with Gasteiger partial charge in [0.1, 0.15) is 8.78 Å². The van der Waals surface area contributed by atoms with Gasteiger partial charge in [0.05, 0.1) is 0 Å². The number of rotatable bonds is 3. The zero-order valence-corrected chi connectivity index (χ0v) is 9.68. The largest absolute Gasteiger partial charge is 0.480 e. The summed E-state index contributed by atoms with van der Waals surface area (Å²) in [5, 5.41) is 8.56. The molecule has 0 radical (unpaired) electrons. The van der Waals surface area contributed by atoms with Gasteiger partial charge in [-0.1, -0.05) is 37.8 Å². The zero-order valence-electron chi connectivity index (χ0n) is 7.23. The quantitative estimate of drug-likeness (QED) is 0.746. The van der Waals surface area contributed by atoms with E-state index in [4.69, 9.17) is 17.3 Å². The SMILES string of the molecule is CC(C)SC(=S)SC(C)C(=O)O. The summed E-state index contributed by atoms with van der Waals surface area (Å²) in [6.45, 7) is 5.70. The number of thioether (sulfide) groups is 2. The highest BCUT2D eigenvalue weighted by Gasteiger charge is 2.14. The Morgan fingerprint density at radius 3 is 2.17 bits per heavy atom. The number of thiocarbonyl (C=S) groups is 1. The minimum absolute atomic E-state index is 0.422. The van der Waals surface area contributed by atoms with Crippen molar-refractivity contribution in [3.63, 3.8) is 0 Å². The first-order chi connectivity index (χ1) is 5.43. The molecule has 2 nitrogen and oxygen atoms in total. The summed E-state index contributed by atoms with van der Waals surface area (Å²) < 4.78 is 0.708. The number of hydrogen-bond acceptors (Lipinski definition) is 4. The fourth-order valence-corrected chi connectivity index (χ4v) is 3.43. The van der Waals surface area contributed by atoms with Crippen LogP contribution < -0.4 is 0 Å². The van der Waals surface area contributed by atoms with Crippen LogP contribution >= 0.6 is 35.7 Å². The van der Waals surface area contributed by atoms with Gasteiger partial charge in [-0.25, -0.2) is 0 Å². The van der Waals surface area contributed by atoms with Crippen LogP contribution in [0.3, 0.4) is 0 Å². The van der Waals surface area contributed by atoms with Crippen molar-refractivity contribution in [2.45, 2.75) is 31.3 Å². The molecule has 0 saturated heterocycles. The van der Waals surface area contributed by atoms with Gasteiger partial charge in [0.2, 0.25) is 0 Å². The van der Waals surface area contributed by atoms with Crippen molar-refractivity contribution in [3.8, 4) is 0 Å². The van der Waals surface area contributed by atoms with Gasteiger partial charge in [0, 0.05) is 5.25 Å². The van der Waals surface area contributed by atoms with Crippen molar-refractivity contribution in [2.75, 3.05) is 0 Å². The second-order valence-electron chi connectivity index (χ2n) is 2.51. The molecule has 0 rings (SSSR count). The summed E-state index contributed by atoms with van der Waals surface area (Å²) in [6.07, 6.45) is 0. The molecule has 0 aliphatic heterocycles. The molecule has 1 N–H and O–H groups in total. The van der Waals surface area contributed by atoms with Crippen LogP contribution in [0.15, 0.2) is 0 Å². The van der Waals surface area contributed by atoms with E-state index in [1.807, 2.05) is 13.8 Å². The van der Waals surface area contributed by atoms with Crippen LogP contribution in [0.25, 0.3) is 0 Å². The summed E-state index contributed by atoms with van der Waals surface area (Å²) in [5.74, 6) is -0.813. The lowest BCUT2D eigenvalue weighted by Gasteiger charge is -2.08. The van der Waals surface area contributed by atoms with E-state index >= 15 is 0 Å². The molecule has 5 heteroatoms. The molecule has 0 heterocycles. The molecule has 0 aliphatic rings. The van der Waals surface area contributed by atoms with Crippen molar-refractivity contribution in [2.24, 2.45) is 0 Å². The molecule has 0 spiro atoms. The van der Waals surface area contributed by atoms with E-state index in [0.29, 0.717) is 8.78 Å². The van der Waals surface area contributed by atoms with E-state index in [9.17, 15) is 4.79 Å². The summed E-state index contributed by atoms with van der Waals surface area (Å²) in [6, 6.07) is 0. The third-order valence-electron chi connectivity index (χ3n) is 0.953. The van der Waals surface area contributed by atoms with Gasteiger partial charge < -0.3 is 5.11 Å². The topological polar surface area (TPSA) is 37.3 Å². The van der Waals surface area contributed by atoms with Crippen LogP contribution in [0.2, 0.25) is 0 Å². The molecule has 0 aromatic carbocycles. The Kier molecular flexibility index (Phi) is 5.96. The Bertz CT molecular complexity index is 179. The first-order valence-corrected chi connectivity index (χ1v) is 5.70. The number of aliphatic carboxylic acids is 1. The maximum Gasteiger partial charge on any atom is 0.316 e. The van der Waals surface area contributed by atoms with E-state index in [2.05, 4.69) is 0 Å². The third kappa shape index (κ3) is 5.85. The monoisotopic (exact) mass is 224 g/mol. The zero-order chi connectivity index (χ0) is 9.72. The number of carbonyl (C=O) groups is 1. The maximum atomic E-state index is 10.4. The summed E-state index contributed by atoms with van der Waals surface area (Å²) in [5.41, 5.74) is 0. The smallest absolute Gasteiger partial charge is 0.316 e. The van der Waals surface area contributed by atoms with Crippen LogP contribution in [-0.4, -0.2) is 25.1 Å². The number of hydrogen-bond donors (Lipinski definition) is 1. The highest BCUT2D eigenvalue weighted by atomic mass is 32.2. The van der Waals surface area contributed by atoms with Crippen molar-refractivity contribution < 1.29 is 9.90 Å². The molecule has 70 valence electrons. The van der Waals surface area contributed by atoms with Gasteiger partial charge in [-0.3, -0.25) is 4.79 Å². The van der Waals surface area contributed by atoms with Crippen LogP contribution in [0.4, 0.5) is 0 Å². The average Bonchev–Trinajstić information content (AvgIpc) is 1.84. The molecular weight excluding hydrogens is 212 g/mol. The van der Waals surface area contributed by atoms with E-state index in [1.54, 1.807) is 6.92 Å². The second-order valence-corrected chi connectivity index (χ2v) is 6.64. The average molecular weight is 224 g/mol. The standard InChI is InChI=1S/C7H12O2S3/c1-4(2)11-7(10)12-5(3)6(8)9/h4-5H,1-3H3,(H,8,9). The van der Waals surface area contributed by atoms with Gasteiger partial charge in [0.15, 0.2) is 0 Å². The predicted octanol–water partition coefficient (Wildman–Crippen LogP) is 2.62. The Labute approximate surface area is 86.5 Å². The lowest BCUT2D eigenvalue weighted by atomic mass is 10.5. The lowest BCUT2D eigenvalue weighted by Crippen LogP contribution is -2.13. The molecule has 1 unspecified atom stereocenters. The van der Waals surface area contributed by atoms with Crippen LogP contribution in [-0.2, 0) is 4.79 Å². The molecule has 0 amide bonds. The Hall–Kier alpha value is 0.260. The molecule has 1 atom stereocenters. The van der Waals surface area contributed by atoms with Gasteiger partial charge in [-0.15, -0.1) is 11.8 Å². The summed E-state index contributed by atoms with van der Waals surface area (Å²) >= 11 is 7.75. The van der Waals surface area contributed by atoms with E-state index in [-0.39, 0.29) is 0 Å². The van der Waals surface area contributed by atoms with Gasteiger partial charge in [0.25, 0.3) is 0 Å². The normalized spacial score (nSPS) is 13.0. The minimum atomic E-state index is -0.813. The Balaban J connectivity index is 3.77. The lowest BCUT2D eigenvalue weighted by molar-refractivity contribution is -0.136. The van der Waals surface area contributed by atoms with Gasteiger partial charge >= 0.3 is 5.97 Å². The number of carboxylic acids is 1. The molecule has 0 saturated carbocycles. The fourth-order valence-electron chi connectivity index (χ4n) is 0.415. The minimum Gasteiger partial charge on any atom is -0.480 e. The van der Waals surface area contributed by atoms with Gasteiger partial charge in [-0.05, 0) is 6.92 Å². The van der Waals surface area contributed by atoms with E-state index in [1.165, 1.54) is 23.5 Å². The molecule has 0 aromatic rings. The molecule has 0 aliphatic carbocycles. The molecule has 0 bridgehead atoms. The Morgan fingerprint density at radius 2 is 1.83 bits per heavy atom. The summed E-state index contributed by atoms with van der Waals surface area (Å²) in [4.78, 5) is 10.4. The first kappa shape index (κ1) is 12.3. The maximum absolute atomic E-state index is 10.4. The first-order valence-electron chi connectivity index (χ1n) is 3.53. The van der Waals surface area contributed by atoms with Gasteiger partial charge in [-0.2, -0.15) is 0 Å². The third-order valence-corrected chi connectivity index (χ3v) is 3.52. The Morgan fingerprint density at radius 1 is 1.33 bits per heavy atom. The van der Waals surface area contributed by atoms with E-state index < -0.39 is 11.2 Å². The van der Waals surface area contributed by atoms with Crippen molar-refractivity contribution in [1.29, 1.82) is 0 Å². The van der Waals surface area contributed by atoms with E-state index in [0.717, 1.165) is 0 Å². The van der Waals surface area contributed by atoms with Crippen molar-refractivity contribution >= 4 is 45.2 Å². The van der Waals surface area contributed by atoms with Crippen LogP contribution in [0.5, 0.6) is 0 Å². The second kappa shape index (κ2) is 5.83. The molecule has 12 heavy (non-hydrogen) atoms. The molecule has 0 aromatic heterocycles. The highest BCUT2D eigenvalue weighted by molar-refractivity contribution is 8.47. The fraction of sp³-hybridized carbons (Fsp3) is 0.714. The predicted molar refractivity (Wildman–Crippen MR) is 60.0 cm³/mol. The molecular formula is C7H12O2S3. The molecule has 0 fully saturated rings. The number of carboxylic acid groups (broad SMARTS) is 1. The summed E-state index contributed by atoms with van der Waals surface area (Å²) in [7, 11) is 0. The van der Waals surface area contributed by atoms with Crippen molar-refractivity contribution in [3.05, 3.63) is 0 Å². The van der Waals surface area contributed by atoms with Crippen LogP contribution in [0.1, 0.15) is 20.8 Å². The van der Waals surface area contributed by atoms with Crippen molar-refractivity contribution in [1.82, 2.24) is 0 Å². The highest BCUT2D eigenvalue weighted by Crippen LogP contribution is 2.24. The van der Waals surface area contributed by atoms with Crippen LogP contribution in [0, 0.1) is 0 Å².